The molecule has 2 aromatic carbocycles. The number of aromatic nitrogens is 1. The minimum absolute atomic E-state index is 0.0289. The highest BCUT2D eigenvalue weighted by atomic mass is 32.1. The lowest BCUT2D eigenvalue weighted by Crippen LogP contribution is -2.47. The van der Waals surface area contributed by atoms with Crippen molar-refractivity contribution in [2.24, 2.45) is 5.92 Å². The lowest BCUT2D eigenvalue weighted by atomic mass is 9.81. The number of carbonyl (C=O) groups excluding carboxylic acids is 2. The Morgan fingerprint density at radius 3 is 2.74 bits per heavy atom. The Bertz CT molecular complexity index is 1350. The van der Waals surface area contributed by atoms with E-state index in [4.69, 9.17) is 4.74 Å². The maximum Gasteiger partial charge on any atom is 0.254 e. The molecule has 0 aliphatic carbocycles. The summed E-state index contributed by atoms with van der Waals surface area (Å²) in [6.07, 6.45) is 0. The number of hydrogen-bond acceptors (Lipinski definition) is 6. The zero-order valence-corrected chi connectivity index (χ0v) is 20.8. The summed E-state index contributed by atoms with van der Waals surface area (Å²) in [5, 5.41) is 5.57. The molecule has 6 nitrogen and oxygen atoms in total. The lowest BCUT2D eigenvalue weighted by molar-refractivity contribution is -0.119. The zero-order chi connectivity index (χ0) is 23.8. The lowest BCUT2D eigenvalue weighted by Gasteiger charge is -2.41. The highest BCUT2D eigenvalue weighted by Gasteiger charge is 2.44. The molecule has 0 radical (unpaired) electrons. The Labute approximate surface area is 206 Å². The molecule has 0 saturated heterocycles. The summed E-state index contributed by atoms with van der Waals surface area (Å²) in [7, 11) is 1.63. The van der Waals surface area contributed by atoms with E-state index in [9.17, 15) is 9.59 Å². The van der Waals surface area contributed by atoms with Crippen molar-refractivity contribution in [2.45, 2.75) is 25.8 Å². The molecule has 0 saturated carbocycles. The van der Waals surface area contributed by atoms with E-state index in [0.717, 1.165) is 26.4 Å². The maximum absolute atomic E-state index is 13.9. The highest BCUT2D eigenvalue weighted by molar-refractivity contribution is 7.22. The van der Waals surface area contributed by atoms with Gasteiger partial charge in [-0.05, 0) is 47.2 Å². The molecule has 0 unspecified atom stereocenters. The molecular formula is C26H25N3O3S2. The first kappa shape index (κ1) is 22.6. The minimum atomic E-state index is -0.548. The third-order valence-electron chi connectivity index (χ3n) is 5.94. The van der Waals surface area contributed by atoms with Gasteiger partial charge in [0.2, 0.25) is 5.91 Å². The number of thiophene rings is 1. The van der Waals surface area contributed by atoms with Gasteiger partial charge in [-0.15, -0.1) is 11.3 Å². The van der Waals surface area contributed by atoms with Crippen LogP contribution < -0.4 is 10.1 Å². The number of anilines is 1. The van der Waals surface area contributed by atoms with E-state index < -0.39 is 5.92 Å². The highest BCUT2D eigenvalue weighted by Crippen LogP contribution is 2.45. The van der Waals surface area contributed by atoms with Crippen LogP contribution in [0.1, 0.15) is 46.6 Å². The molecule has 1 aliphatic heterocycles. The van der Waals surface area contributed by atoms with Crippen LogP contribution in [0.3, 0.4) is 0 Å². The number of fused-ring (bicyclic) bond motifs is 2. The van der Waals surface area contributed by atoms with Crippen LogP contribution in [0.5, 0.6) is 5.75 Å². The van der Waals surface area contributed by atoms with Crippen molar-refractivity contribution >= 4 is 49.8 Å². The molecule has 1 aliphatic rings. The van der Waals surface area contributed by atoms with Gasteiger partial charge < -0.3 is 15.0 Å². The van der Waals surface area contributed by atoms with Crippen LogP contribution in [0.15, 0.2) is 60.0 Å². The average Bonchev–Trinajstić information content (AvgIpc) is 3.49. The molecule has 2 atom stereocenters. The monoisotopic (exact) mass is 491 g/mol. The van der Waals surface area contributed by atoms with E-state index in [1.807, 2.05) is 64.9 Å². The number of benzene rings is 2. The van der Waals surface area contributed by atoms with E-state index in [1.54, 1.807) is 18.4 Å². The Balaban J connectivity index is 1.57. The average molecular weight is 492 g/mol. The number of rotatable bonds is 6. The van der Waals surface area contributed by atoms with Gasteiger partial charge in [0.25, 0.3) is 5.91 Å². The Kier molecular flexibility index (Phi) is 6.10. The largest absolute Gasteiger partial charge is 0.497 e. The predicted molar refractivity (Wildman–Crippen MR) is 137 cm³/mol. The number of nitrogens with zero attached hydrogens (tertiary/aromatic N) is 2. The van der Waals surface area contributed by atoms with E-state index >= 15 is 0 Å². The van der Waals surface area contributed by atoms with Crippen LogP contribution in [0.25, 0.3) is 10.2 Å². The van der Waals surface area contributed by atoms with Crippen LogP contribution in [0, 0.1) is 5.92 Å². The molecule has 3 heterocycles. The summed E-state index contributed by atoms with van der Waals surface area (Å²) in [6, 6.07) is 16.7. The van der Waals surface area contributed by atoms with Gasteiger partial charge in [-0.25, -0.2) is 4.98 Å². The van der Waals surface area contributed by atoms with Gasteiger partial charge in [0.05, 0.1) is 29.3 Å². The smallest absolute Gasteiger partial charge is 0.254 e. The molecule has 0 bridgehead atoms. The topological polar surface area (TPSA) is 71.5 Å². The van der Waals surface area contributed by atoms with E-state index in [2.05, 4.69) is 24.1 Å². The van der Waals surface area contributed by atoms with E-state index in [0.29, 0.717) is 17.2 Å². The normalized spacial score (nSPS) is 17.8. The molecule has 174 valence electrons. The molecule has 8 heteroatoms. The molecule has 1 N–H and O–H groups in total. The van der Waals surface area contributed by atoms with Crippen molar-refractivity contribution in [3.63, 3.8) is 0 Å². The summed E-state index contributed by atoms with van der Waals surface area (Å²) in [5.41, 5.74) is 2.15. The van der Waals surface area contributed by atoms with Gasteiger partial charge >= 0.3 is 0 Å². The third-order valence-corrected chi connectivity index (χ3v) is 7.82. The van der Waals surface area contributed by atoms with Gasteiger partial charge in [0, 0.05) is 17.0 Å². The fourth-order valence-electron chi connectivity index (χ4n) is 4.51. The summed E-state index contributed by atoms with van der Waals surface area (Å²) >= 11 is 2.98. The van der Waals surface area contributed by atoms with Crippen LogP contribution >= 0.6 is 22.7 Å². The first-order chi connectivity index (χ1) is 16.5. The van der Waals surface area contributed by atoms with Crippen LogP contribution in [-0.2, 0) is 4.79 Å². The van der Waals surface area contributed by atoms with E-state index in [-0.39, 0.29) is 23.8 Å². The first-order valence-corrected chi connectivity index (χ1v) is 12.8. The quantitative estimate of drug-likeness (QED) is 0.362. The number of thiazole rings is 1. The second-order valence-corrected chi connectivity index (χ2v) is 10.7. The summed E-state index contributed by atoms with van der Waals surface area (Å²) in [5.74, 6) is 0.264. The van der Waals surface area contributed by atoms with Gasteiger partial charge in [-0.1, -0.05) is 49.4 Å². The second kappa shape index (κ2) is 9.19. The van der Waals surface area contributed by atoms with Gasteiger partial charge in [-0.3, -0.25) is 9.59 Å². The van der Waals surface area contributed by atoms with Crippen LogP contribution in [0.2, 0.25) is 0 Å². The van der Waals surface area contributed by atoms with Gasteiger partial charge in [0.15, 0.2) is 5.13 Å². The Morgan fingerprint density at radius 1 is 1.18 bits per heavy atom. The fraction of sp³-hybridized carbons (Fsp3) is 0.269. The number of carbonyl (C=O) groups is 2. The SMILES string of the molecule is COc1ccc2nc(NC(=O)[C@H]3c4ccccc4C(=O)N(CC(C)C)[C@@H]3c3cccs3)sc2c1. The van der Waals surface area contributed by atoms with Crippen molar-refractivity contribution in [1.82, 2.24) is 9.88 Å². The number of ether oxygens (including phenoxy) is 1. The summed E-state index contributed by atoms with van der Waals surface area (Å²) in [6.45, 7) is 4.74. The third kappa shape index (κ3) is 4.08. The van der Waals surface area contributed by atoms with Crippen molar-refractivity contribution < 1.29 is 14.3 Å². The molecule has 4 aromatic rings. The number of nitrogens with one attached hydrogen (secondary N) is 1. The molecular weight excluding hydrogens is 466 g/mol. The summed E-state index contributed by atoms with van der Waals surface area (Å²) in [4.78, 5) is 34.9. The first-order valence-electron chi connectivity index (χ1n) is 11.1. The van der Waals surface area contributed by atoms with Crippen LogP contribution in [0.4, 0.5) is 5.13 Å². The maximum atomic E-state index is 13.9. The van der Waals surface area contributed by atoms with Crippen molar-refractivity contribution in [1.29, 1.82) is 0 Å². The molecule has 0 fully saturated rings. The van der Waals surface area contributed by atoms with Crippen LogP contribution in [-0.4, -0.2) is 35.4 Å². The second-order valence-electron chi connectivity index (χ2n) is 8.72. The predicted octanol–water partition coefficient (Wildman–Crippen LogP) is 5.94. The van der Waals surface area contributed by atoms with Crippen molar-refractivity contribution in [2.75, 3.05) is 19.0 Å². The number of amides is 2. The standard InChI is InChI=1S/C26H25N3O3S2/c1-15(2)14-29-23(20-9-6-12-33-20)22(17-7-4-5-8-18(17)25(29)31)24(30)28-26-27-19-11-10-16(32-3)13-21(19)34-26/h4-13,15,22-23H,14H2,1-3H3,(H,27,28,30)/t22-,23+/m0/s1. The van der Waals surface area contributed by atoms with Crippen molar-refractivity contribution in [3.8, 4) is 5.75 Å². The molecule has 34 heavy (non-hydrogen) atoms. The van der Waals surface area contributed by atoms with Gasteiger partial charge in [-0.2, -0.15) is 0 Å². The summed E-state index contributed by atoms with van der Waals surface area (Å²) < 4.78 is 6.25. The molecule has 2 amide bonds. The van der Waals surface area contributed by atoms with Crippen molar-refractivity contribution in [3.05, 3.63) is 76.0 Å². The number of methoxy groups -OCH3 is 1. The Hall–Kier alpha value is -3.23. The zero-order valence-electron chi connectivity index (χ0n) is 19.1. The molecule has 0 spiro atoms. The van der Waals surface area contributed by atoms with Gasteiger partial charge in [0.1, 0.15) is 5.75 Å². The minimum Gasteiger partial charge on any atom is -0.497 e. The molecule has 2 aromatic heterocycles. The fourth-order valence-corrected chi connectivity index (χ4v) is 6.29. The Morgan fingerprint density at radius 2 is 2.00 bits per heavy atom. The number of hydrogen-bond donors (Lipinski definition) is 1. The van der Waals surface area contributed by atoms with E-state index in [1.165, 1.54) is 11.3 Å². The molecule has 5 rings (SSSR count).